The summed E-state index contributed by atoms with van der Waals surface area (Å²) < 4.78 is 61.3. The molecule has 0 aromatic heterocycles. The van der Waals surface area contributed by atoms with Gasteiger partial charge in [0, 0.05) is 13.0 Å². The molecular formula is C11H21F3N2O2S. The van der Waals surface area contributed by atoms with E-state index in [-0.39, 0.29) is 5.92 Å². The van der Waals surface area contributed by atoms with Crippen molar-refractivity contribution in [1.82, 2.24) is 10.0 Å². The molecule has 0 aromatic carbocycles. The highest BCUT2D eigenvalue weighted by molar-refractivity contribution is 7.89. The summed E-state index contributed by atoms with van der Waals surface area (Å²) in [7, 11) is -3.60. The summed E-state index contributed by atoms with van der Waals surface area (Å²) >= 11 is 0. The number of sulfonamides is 1. The molecule has 2 N–H and O–H groups in total. The smallest absolute Gasteiger partial charge is 0.316 e. The molecular weight excluding hydrogens is 281 g/mol. The average Bonchev–Trinajstić information content (AvgIpc) is 2.26. The van der Waals surface area contributed by atoms with Crippen molar-refractivity contribution in [3.63, 3.8) is 0 Å². The summed E-state index contributed by atoms with van der Waals surface area (Å²) in [4.78, 5) is 0. The van der Waals surface area contributed by atoms with E-state index in [1.165, 1.54) is 0 Å². The van der Waals surface area contributed by atoms with Crippen LogP contribution in [0.5, 0.6) is 0 Å². The summed E-state index contributed by atoms with van der Waals surface area (Å²) in [5.74, 6) is 0.145. The lowest BCUT2D eigenvalue weighted by Gasteiger charge is -2.29. The van der Waals surface area contributed by atoms with Gasteiger partial charge in [-0.15, -0.1) is 0 Å². The van der Waals surface area contributed by atoms with Crippen molar-refractivity contribution in [2.45, 2.75) is 32.4 Å². The van der Waals surface area contributed by atoms with E-state index in [1.807, 2.05) is 0 Å². The van der Waals surface area contributed by atoms with Crippen LogP contribution in [0.2, 0.25) is 0 Å². The van der Waals surface area contributed by atoms with Crippen LogP contribution in [0.25, 0.3) is 0 Å². The molecule has 8 heteroatoms. The molecule has 19 heavy (non-hydrogen) atoms. The van der Waals surface area contributed by atoms with Crippen molar-refractivity contribution in [2.75, 3.05) is 25.4 Å². The van der Waals surface area contributed by atoms with E-state index < -0.39 is 34.8 Å². The zero-order valence-corrected chi connectivity index (χ0v) is 11.8. The van der Waals surface area contributed by atoms with Gasteiger partial charge in [-0.3, -0.25) is 0 Å². The maximum atomic E-state index is 11.9. The molecule has 1 aliphatic heterocycles. The van der Waals surface area contributed by atoms with Crippen LogP contribution in [-0.2, 0) is 10.0 Å². The Labute approximate surface area is 112 Å². The van der Waals surface area contributed by atoms with Gasteiger partial charge in [-0.1, -0.05) is 6.92 Å². The quantitative estimate of drug-likeness (QED) is 0.781. The van der Waals surface area contributed by atoms with Crippen molar-refractivity contribution in [3.05, 3.63) is 0 Å². The molecule has 0 aliphatic carbocycles. The number of halogens is 3. The van der Waals surface area contributed by atoms with Crippen LogP contribution in [0.1, 0.15) is 26.2 Å². The molecule has 2 atom stereocenters. The Hall–Kier alpha value is -0.340. The highest BCUT2D eigenvalue weighted by atomic mass is 32.2. The molecule has 0 spiro atoms. The van der Waals surface area contributed by atoms with Crippen molar-refractivity contribution in [1.29, 1.82) is 0 Å². The summed E-state index contributed by atoms with van der Waals surface area (Å²) in [6.07, 6.45) is -4.76. The van der Waals surface area contributed by atoms with Gasteiger partial charge in [0.05, 0.1) is 5.75 Å². The predicted molar refractivity (Wildman–Crippen MR) is 67.2 cm³/mol. The molecule has 4 nitrogen and oxygen atoms in total. The standard InChI is InChI=1S/C11H21F3N2O2S/c1-9-3-5-15-7-10(9)8-16-19(17,18)6-2-4-11(12,13)14/h9-10,15-16H,2-8H2,1H3. The molecule has 1 aliphatic rings. The second-order valence-corrected chi connectivity index (χ2v) is 7.04. The minimum absolute atomic E-state index is 0.200. The van der Waals surface area contributed by atoms with Gasteiger partial charge in [0.1, 0.15) is 0 Å². The molecule has 0 aromatic rings. The Balaban J connectivity index is 2.30. The number of nitrogens with one attached hydrogen (secondary N) is 2. The largest absolute Gasteiger partial charge is 0.389 e. The van der Waals surface area contributed by atoms with Crippen molar-refractivity contribution in [3.8, 4) is 0 Å². The highest BCUT2D eigenvalue weighted by Gasteiger charge is 2.28. The molecule has 1 heterocycles. The van der Waals surface area contributed by atoms with Gasteiger partial charge in [-0.05, 0) is 37.8 Å². The van der Waals surface area contributed by atoms with E-state index >= 15 is 0 Å². The lowest BCUT2D eigenvalue weighted by atomic mass is 9.88. The third-order valence-corrected chi connectivity index (χ3v) is 4.86. The summed E-state index contributed by atoms with van der Waals surface area (Å²) in [6.45, 7) is 4.02. The zero-order chi connectivity index (χ0) is 14.5. The molecule has 0 saturated carbocycles. The number of hydrogen-bond acceptors (Lipinski definition) is 3. The Morgan fingerprint density at radius 1 is 1.37 bits per heavy atom. The fourth-order valence-electron chi connectivity index (χ4n) is 2.10. The first-order valence-electron chi connectivity index (χ1n) is 6.44. The third-order valence-electron chi connectivity index (χ3n) is 3.43. The van der Waals surface area contributed by atoms with Gasteiger partial charge in [0.25, 0.3) is 0 Å². The summed E-state index contributed by atoms with van der Waals surface area (Å²) in [5.41, 5.74) is 0. The summed E-state index contributed by atoms with van der Waals surface area (Å²) in [6, 6.07) is 0. The third kappa shape index (κ3) is 7.12. The fraction of sp³-hybridized carbons (Fsp3) is 1.00. The van der Waals surface area contributed by atoms with E-state index in [4.69, 9.17) is 0 Å². The first kappa shape index (κ1) is 16.7. The van der Waals surface area contributed by atoms with Crippen LogP contribution in [-0.4, -0.2) is 40.0 Å². The highest BCUT2D eigenvalue weighted by Crippen LogP contribution is 2.21. The van der Waals surface area contributed by atoms with E-state index in [1.54, 1.807) is 0 Å². The molecule has 0 amide bonds. The normalized spacial score (nSPS) is 25.5. The van der Waals surface area contributed by atoms with Crippen LogP contribution < -0.4 is 10.0 Å². The minimum Gasteiger partial charge on any atom is -0.316 e. The SMILES string of the molecule is CC1CCNCC1CNS(=O)(=O)CCCC(F)(F)F. The van der Waals surface area contributed by atoms with Gasteiger partial charge in [0.15, 0.2) is 0 Å². The van der Waals surface area contributed by atoms with Crippen LogP contribution in [0, 0.1) is 11.8 Å². The van der Waals surface area contributed by atoms with Gasteiger partial charge in [-0.2, -0.15) is 13.2 Å². The topological polar surface area (TPSA) is 58.2 Å². The van der Waals surface area contributed by atoms with E-state index in [0.717, 1.165) is 19.5 Å². The maximum absolute atomic E-state index is 11.9. The second-order valence-electron chi connectivity index (χ2n) is 5.12. The van der Waals surface area contributed by atoms with Crippen molar-refractivity contribution < 1.29 is 21.6 Å². The molecule has 1 fully saturated rings. The summed E-state index contributed by atoms with van der Waals surface area (Å²) in [5, 5.41) is 3.18. The predicted octanol–water partition coefficient (Wildman–Crippen LogP) is 1.49. The number of alkyl halides is 3. The van der Waals surface area contributed by atoms with Crippen LogP contribution in [0.15, 0.2) is 0 Å². The Kier molecular flexibility index (Phi) is 6.07. The first-order valence-corrected chi connectivity index (χ1v) is 8.09. The van der Waals surface area contributed by atoms with Gasteiger partial charge < -0.3 is 5.32 Å². The number of piperidine rings is 1. The van der Waals surface area contributed by atoms with E-state index in [9.17, 15) is 21.6 Å². The molecule has 114 valence electrons. The maximum Gasteiger partial charge on any atom is 0.389 e. The Morgan fingerprint density at radius 2 is 2.05 bits per heavy atom. The minimum atomic E-state index is -4.29. The van der Waals surface area contributed by atoms with E-state index in [2.05, 4.69) is 17.0 Å². The van der Waals surface area contributed by atoms with Crippen LogP contribution in [0.4, 0.5) is 13.2 Å². The van der Waals surface area contributed by atoms with Gasteiger partial charge in [-0.25, -0.2) is 13.1 Å². The van der Waals surface area contributed by atoms with Gasteiger partial charge >= 0.3 is 6.18 Å². The first-order chi connectivity index (χ1) is 8.70. The lowest BCUT2D eigenvalue weighted by molar-refractivity contribution is -0.134. The van der Waals surface area contributed by atoms with Crippen molar-refractivity contribution >= 4 is 10.0 Å². The lowest BCUT2D eigenvalue weighted by Crippen LogP contribution is -2.42. The monoisotopic (exact) mass is 302 g/mol. The molecule has 2 unspecified atom stereocenters. The Bertz CT molecular complexity index is 371. The van der Waals surface area contributed by atoms with E-state index in [0.29, 0.717) is 12.5 Å². The van der Waals surface area contributed by atoms with Gasteiger partial charge in [0.2, 0.25) is 10.0 Å². The Morgan fingerprint density at radius 3 is 2.63 bits per heavy atom. The molecule has 1 saturated heterocycles. The van der Waals surface area contributed by atoms with Crippen molar-refractivity contribution in [2.24, 2.45) is 11.8 Å². The second kappa shape index (κ2) is 6.90. The number of hydrogen-bond donors (Lipinski definition) is 2. The zero-order valence-electron chi connectivity index (χ0n) is 11.0. The molecule has 0 bridgehead atoms. The fourth-order valence-corrected chi connectivity index (χ4v) is 3.23. The van der Waals surface area contributed by atoms with Crippen LogP contribution in [0.3, 0.4) is 0 Å². The van der Waals surface area contributed by atoms with Crippen LogP contribution >= 0.6 is 0 Å². The molecule has 0 radical (unpaired) electrons. The number of rotatable bonds is 6. The molecule has 1 rings (SSSR count). The average molecular weight is 302 g/mol.